The largest absolute Gasteiger partial charge is 0.496 e. The second-order valence-corrected chi connectivity index (χ2v) is 3.96. The number of hydrogen-bond acceptors (Lipinski definition) is 5. The monoisotopic (exact) mass is 251 g/mol. The summed E-state index contributed by atoms with van der Waals surface area (Å²) in [5, 5.41) is 0. The molecule has 0 unspecified atom stereocenters. The van der Waals surface area contributed by atoms with E-state index < -0.39 is 0 Å². The van der Waals surface area contributed by atoms with E-state index in [9.17, 15) is 4.79 Å². The molecular weight excluding hydrogens is 234 g/mol. The van der Waals surface area contributed by atoms with Crippen LogP contribution in [0.2, 0.25) is 0 Å². The van der Waals surface area contributed by atoms with Gasteiger partial charge < -0.3 is 14.4 Å². The molecular formula is C12H17N3O3. The average Bonchev–Trinajstić information content (AvgIpc) is 2.46. The highest BCUT2D eigenvalue weighted by molar-refractivity contribution is 5.97. The third-order valence-electron chi connectivity index (χ3n) is 2.94. The lowest BCUT2D eigenvalue weighted by Crippen LogP contribution is -2.36. The summed E-state index contributed by atoms with van der Waals surface area (Å²) in [6.45, 7) is 3.11. The lowest BCUT2D eigenvalue weighted by molar-refractivity contribution is 0.0950. The van der Waals surface area contributed by atoms with Gasteiger partial charge in [0.15, 0.2) is 0 Å². The van der Waals surface area contributed by atoms with Gasteiger partial charge in [-0.25, -0.2) is 5.84 Å². The van der Waals surface area contributed by atoms with E-state index in [-0.39, 0.29) is 5.91 Å². The summed E-state index contributed by atoms with van der Waals surface area (Å²) in [6.07, 6.45) is 0. The second kappa shape index (κ2) is 5.70. The molecule has 1 saturated heterocycles. The Morgan fingerprint density at radius 3 is 2.78 bits per heavy atom. The van der Waals surface area contributed by atoms with Gasteiger partial charge in [-0.15, -0.1) is 0 Å². The number of benzene rings is 1. The topological polar surface area (TPSA) is 76.8 Å². The smallest absolute Gasteiger partial charge is 0.268 e. The van der Waals surface area contributed by atoms with Crippen LogP contribution in [-0.2, 0) is 4.74 Å². The Balaban J connectivity index is 2.26. The predicted octanol–water partition coefficient (Wildman–Crippen LogP) is 0.135. The summed E-state index contributed by atoms with van der Waals surface area (Å²) in [5.74, 6) is 5.28. The number of nitrogens with one attached hydrogen (secondary N) is 1. The molecule has 0 aliphatic carbocycles. The van der Waals surface area contributed by atoms with Gasteiger partial charge in [0.25, 0.3) is 5.91 Å². The molecule has 98 valence electrons. The molecule has 1 amide bonds. The van der Waals surface area contributed by atoms with E-state index in [0.717, 1.165) is 18.8 Å². The predicted molar refractivity (Wildman–Crippen MR) is 67.7 cm³/mol. The van der Waals surface area contributed by atoms with Crippen molar-refractivity contribution in [3.8, 4) is 5.75 Å². The maximum Gasteiger partial charge on any atom is 0.268 e. The van der Waals surface area contributed by atoms with E-state index in [1.165, 1.54) is 7.11 Å². The van der Waals surface area contributed by atoms with E-state index in [1.54, 1.807) is 6.07 Å². The van der Waals surface area contributed by atoms with Crippen molar-refractivity contribution in [1.82, 2.24) is 5.43 Å². The highest BCUT2D eigenvalue weighted by atomic mass is 16.5. The van der Waals surface area contributed by atoms with Gasteiger partial charge in [0, 0.05) is 24.8 Å². The molecule has 0 bridgehead atoms. The van der Waals surface area contributed by atoms with Gasteiger partial charge in [0.1, 0.15) is 5.75 Å². The van der Waals surface area contributed by atoms with Crippen LogP contribution in [0.3, 0.4) is 0 Å². The van der Waals surface area contributed by atoms with Crippen LogP contribution in [0.25, 0.3) is 0 Å². The third-order valence-corrected chi connectivity index (χ3v) is 2.94. The SMILES string of the molecule is COc1cc(N2CCOCC2)ccc1C(=O)NN. The highest BCUT2D eigenvalue weighted by Gasteiger charge is 2.16. The van der Waals surface area contributed by atoms with Crippen LogP contribution < -0.4 is 20.9 Å². The zero-order chi connectivity index (χ0) is 13.0. The quantitative estimate of drug-likeness (QED) is 0.454. The van der Waals surface area contributed by atoms with Gasteiger partial charge in [-0.3, -0.25) is 10.2 Å². The Labute approximate surface area is 106 Å². The number of hydrazine groups is 1. The Morgan fingerprint density at radius 2 is 2.17 bits per heavy atom. The Morgan fingerprint density at radius 1 is 1.44 bits per heavy atom. The summed E-state index contributed by atoms with van der Waals surface area (Å²) in [4.78, 5) is 13.7. The van der Waals surface area contributed by atoms with Crippen LogP contribution in [0.1, 0.15) is 10.4 Å². The minimum absolute atomic E-state index is 0.361. The van der Waals surface area contributed by atoms with Crippen molar-refractivity contribution >= 4 is 11.6 Å². The number of nitrogens with zero attached hydrogens (tertiary/aromatic N) is 1. The van der Waals surface area contributed by atoms with Crippen LogP contribution in [0.4, 0.5) is 5.69 Å². The van der Waals surface area contributed by atoms with Gasteiger partial charge >= 0.3 is 0 Å². The fourth-order valence-electron chi connectivity index (χ4n) is 1.96. The van der Waals surface area contributed by atoms with Crippen molar-refractivity contribution < 1.29 is 14.3 Å². The second-order valence-electron chi connectivity index (χ2n) is 3.96. The van der Waals surface area contributed by atoms with E-state index in [0.29, 0.717) is 24.5 Å². The summed E-state index contributed by atoms with van der Waals surface area (Å²) < 4.78 is 10.5. The zero-order valence-electron chi connectivity index (χ0n) is 10.3. The van der Waals surface area contributed by atoms with Gasteiger partial charge in [0.05, 0.1) is 25.9 Å². The molecule has 1 fully saturated rings. The maximum atomic E-state index is 11.5. The van der Waals surface area contributed by atoms with E-state index >= 15 is 0 Å². The van der Waals surface area contributed by atoms with Crippen LogP contribution in [0, 0.1) is 0 Å². The van der Waals surface area contributed by atoms with Gasteiger partial charge in [-0.2, -0.15) is 0 Å². The summed E-state index contributed by atoms with van der Waals surface area (Å²) in [5.41, 5.74) is 3.55. The standard InChI is InChI=1S/C12H17N3O3/c1-17-11-8-9(15-4-6-18-7-5-15)2-3-10(11)12(16)14-13/h2-3,8H,4-7,13H2,1H3,(H,14,16). The molecule has 0 aromatic heterocycles. The van der Waals surface area contributed by atoms with Crippen LogP contribution in [0.5, 0.6) is 5.75 Å². The molecule has 3 N–H and O–H groups in total. The number of ether oxygens (including phenoxy) is 2. The number of nitrogen functional groups attached to an aromatic ring is 1. The number of methoxy groups -OCH3 is 1. The van der Waals surface area contributed by atoms with Crippen molar-refractivity contribution in [2.24, 2.45) is 5.84 Å². The molecule has 2 rings (SSSR count). The molecule has 18 heavy (non-hydrogen) atoms. The molecule has 0 spiro atoms. The molecule has 6 nitrogen and oxygen atoms in total. The minimum atomic E-state index is -0.361. The first-order valence-corrected chi connectivity index (χ1v) is 5.78. The average molecular weight is 251 g/mol. The first-order chi connectivity index (χ1) is 8.76. The van der Waals surface area contributed by atoms with Crippen LogP contribution in [0.15, 0.2) is 18.2 Å². The summed E-state index contributed by atoms with van der Waals surface area (Å²) in [7, 11) is 1.53. The fourth-order valence-corrected chi connectivity index (χ4v) is 1.96. The molecule has 1 aromatic carbocycles. The zero-order valence-corrected chi connectivity index (χ0v) is 10.3. The number of hydrogen-bond donors (Lipinski definition) is 2. The molecule has 1 aliphatic rings. The number of nitrogens with two attached hydrogens (primary N) is 1. The Hall–Kier alpha value is -1.79. The summed E-state index contributed by atoms with van der Waals surface area (Å²) >= 11 is 0. The number of anilines is 1. The lowest BCUT2D eigenvalue weighted by atomic mass is 10.1. The number of rotatable bonds is 3. The number of carbonyl (C=O) groups excluding carboxylic acids is 1. The van der Waals surface area contributed by atoms with Crippen molar-refractivity contribution in [2.45, 2.75) is 0 Å². The van der Waals surface area contributed by atoms with Crippen molar-refractivity contribution in [3.63, 3.8) is 0 Å². The summed E-state index contributed by atoms with van der Waals surface area (Å²) in [6, 6.07) is 5.44. The number of morpholine rings is 1. The van der Waals surface area contributed by atoms with Crippen LogP contribution in [-0.4, -0.2) is 39.3 Å². The molecule has 6 heteroatoms. The van der Waals surface area contributed by atoms with E-state index in [4.69, 9.17) is 15.3 Å². The molecule has 1 aliphatic heterocycles. The molecule has 0 saturated carbocycles. The van der Waals surface area contributed by atoms with Crippen molar-refractivity contribution in [2.75, 3.05) is 38.3 Å². The van der Waals surface area contributed by atoms with E-state index in [2.05, 4.69) is 10.3 Å². The van der Waals surface area contributed by atoms with Gasteiger partial charge in [-0.05, 0) is 12.1 Å². The lowest BCUT2D eigenvalue weighted by Gasteiger charge is -2.29. The molecule has 1 heterocycles. The van der Waals surface area contributed by atoms with Gasteiger partial charge in [-0.1, -0.05) is 0 Å². The first kappa shape index (κ1) is 12.7. The molecule has 0 atom stereocenters. The van der Waals surface area contributed by atoms with Crippen molar-refractivity contribution in [3.05, 3.63) is 23.8 Å². The van der Waals surface area contributed by atoms with Crippen molar-refractivity contribution in [1.29, 1.82) is 0 Å². The number of carbonyl (C=O) groups is 1. The Bertz CT molecular complexity index is 431. The van der Waals surface area contributed by atoms with Crippen LogP contribution >= 0.6 is 0 Å². The molecule has 1 aromatic rings. The van der Waals surface area contributed by atoms with Gasteiger partial charge in [0.2, 0.25) is 0 Å². The minimum Gasteiger partial charge on any atom is -0.496 e. The maximum absolute atomic E-state index is 11.5. The Kier molecular flexibility index (Phi) is 4.01. The number of amides is 1. The normalized spacial score (nSPS) is 15.3. The van der Waals surface area contributed by atoms with E-state index in [1.807, 2.05) is 12.1 Å². The fraction of sp³-hybridized carbons (Fsp3) is 0.417. The molecule has 0 radical (unpaired) electrons. The highest BCUT2D eigenvalue weighted by Crippen LogP contribution is 2.26. The third kappa shape index (κ3) is 2.55. The first-order valence-electron chi connectivity index (χ1n) is 5.78.